The van der Waals surface area contributed by atoms with Crippen molar-refractivity contribution < 1.29 is 4.74 Å². The molecule has 0 unspecified atom stereocenters. The fraction of sp³-hybridized carbons (Fsp3) is 0.333. The fourth-order valence-electron chi connectivity index (χ4n) is 2.16. The van der Waals surface area contributed by atoms with Crippen molar-refractivity contribution in [3.63, 3.8) is 0 Å². The van der Waals surface area contributed by atoms with Crippen molar-refractivity contribution in [2.75, 3.05) is 24.3 Å². The average molecular weight is 284 g/mol. The van der Waals surface area contributed by atoms with E-state index in [0.717, 1.165) is 24.4 Å². The molecule has 3 heteroatoms. The standard InChI is InChI=1S/C18H24N2O/c1-4-11-21-18-12-16(9-10-17(18)19)20(3)13-15-7-5-14(2)6-8-15/h5-10,12H,4,11,13,19H2,1-3H3. The number of benzene rings is 2. The first-order valence-electron chi connectivity index (χ1n) is 7.39. The minimum atomic E-state index is 0.690. The largest absolute Gasteiger partial charge is 0.491 e. The summed E-state index contributed by atoms with van der Waals surface area (Å²) in [6.07, 6.45) is 0.975. The molecule has 0 bridgehead atoms. The zero-order valence-corrected chi connectivity index (χ0v) is 13.1. The Morgan fingerprint density at radius 3 is 2.48 bits per heavy atom. The molecule has 0 amide bonds. The maximum atomic E-state index is 5.96. The molecule has 0 aliphatic carbocycles. The fourth-order valence-corrected chi connectivity index (χ4v) is 2.16. The van der Waals surface area contributed by atoms with E-state index in [0.29, 0.717) is 12.3 Å². The van der Waals surface area contributed by atoms with E-state index in [-0.39, 0.29) is 0 Å². The Bertz CT molecular complexity index is 578. The summed E-state index contributed by atoms with van der Waals surface area (Å²) in [7, 11) is 2.08. The first-order chi connectivity index (χ1) is 10.1. The summed E-state index contributed by atoms with van der Waals surface area (Å²) in [5, 5.41) is 0. The predicted octanol–water partition coefficient (Wildman–Crippen LogP) is 4.00. The summed E-state index contributed by atoms with van der Waals surface area (Å²) >= 11 is 0. The number of rotatable bonds is 6. The van der Waals surface area contributed by atoms with Crippen LogP contribution >= 0.6 is 0 Å². The molecule has 0 aromatic heterocycles. The quantitative estimate of drug-likeness (QED) is 0.815. The van der Waals surface area contributed by atoms with E-state index in [2.05, 4.69) is 50.1 Å². The van der Waals surface area contributed by atoms with E-state index < -0.39 is 0 Å². The lowest BCUT2D eigenvalue weighted by atomic mass is 10.1. The smallest absolute Gasteiger partial charge is 0.144 e. The van der Waals surface area contributed by atoms with Crippen LogP contribution < -0.4 is 15.4 Å². The number of aryl methyl sites for hydroxylation is 1. The monoisotopic (exact) mass is 284 g/mol. The van der Waals surface area contributed by atoms with Crippen molar-refractivity contribution in [3.8, 4) is 5.75 Å². The molecule has 0 atom stereocenters. The first kappa shape index (κ1) is 15.2. The lowest BCUT2D eigenvalue weighted by molar-refractivity contribution is 0.319. The van der Waals surface area contributed by atoms with Crippen LogP contribution in [0.5, 0.6) is 5.75 Å². The molecule has 2 aromatic rings. The second-order valence-electron chi connectivity index (χ2n) is 5.41. The van der Waals surface area contributed by atoms with Crippen LogP contribution in [0.3, 0.4) is 0 Å². The highest BCUT2D eigenvalue weighted by atomic mass is 16.5. The Balaban J connectivity index is 2.11. The van der Waals surface area contributed by atoms with Gasteiger partial charge < -0.3 is 15.4 Å². The Morgan fingerprint density at radius 2 is 1.81 bits per heavy atom. The Kier molecular flexibility index (Phi) is 5.09. The van der Waals surface area contributed by atoms with Gasteiger partial charge in [-0.05, 0) is 31.0 Å². The van der Waals surface area contributed by atoms with E-state index in [1.807, 2.05) is 18.2 Å². The molecule has 21 heavy (non-hydrogen) atoms. The zero-order valence-electron chi connectivity index (χ0n) is 13.1. The van der Waals surface area contributed by atoms with Crippen molar-refractivity contribution >= 4 is 11.4 Å². The second kappa shape index (κ2) is 7.02. The van der Waals surface area contributed by atoms with Crippen molar-refractivity contribution in [1.82, 2.24) is 0 Å². The molecule has 0 aliphatic heterocycles. The van der Waals surface area contributed by atoms with Gasteiger partial charge in [-0.15, -0.1) is 0 Å². The number of anilines is 2. The van der Waals surface area contributed by atoms with Gasteiger partial charge in [-0.25, -0.2) is 0 Å². The molecule has 3 nitrogen and oxygen atoms in total. The average Bonchev–Trinajstić information content (AvgIpc) is 2.48. The van der Waals surface area contributed by atoms with E-state index in [1.165, 1.54) is 11.1 Å². The molecule has 0 aliphatic rings. The third-order valence-corrected chi connectivity index (χ3v) is 3.44. The molecule has 0 saturated heterocycles. The number of nitrogen functional groups attached to an aromatic ring is 1. The summed E-state index contributed by atoms with van der Waals surface area (Å²) in [5.74, 6) is 0.769. The molecule has 0 fully saturated rings. The SMILES string of the molecule is CCCOc1cc(N(C)Cc2ccc(C)cc2)ccc1N. The number of hydrogen-bond donors (Lipinski definition) is 1. The van der Waals surface area contributed by atoms with E-state index in [9.17, 15) is 0 Å². The Hall–Kier alpha value is -2.16. The molecule has 0 saturated carbocycles. The summed E-state index contributed by atoms with van der Waals surface area (Å²) in [5.41, 5.74) is 10.3. The molecule has 2 N–H and O–H groups in total. The number of nitrogens with two attached hydrogens (primary N) is 1. The van der Waals surface area contributed by atoms with Gasteiger partial charge in [-0.3, -0.25) is 0 Å². The molecule has 2 aromatic carbocycles. The van der Waals surface area contributed by atoms with E-state index in [1.54, 1.807) is 0 Å². The second-order valence-corrected chi connectivity index (χ2v) is 5.41. The molecule has 0 radical (unpaired) electrons. The van der Waals surface area contributed by atoms with Gasteiger partial charge in [0.2, 0.25) is 0 Å². The van der Waals surface area contributed by atoms with Crippen molar-refractivity contribution in [2.45, 2.75) is 26.8 Å². The van der Waals surface area contributed by atoms with Crippen LogP contribution in [-0.4, -0.2) is 13.7 Å². The van der Waals surface area contributed by atoms with E-state index in [4.69, 9.17) is 10.5 Å². The van der Waals surface area contributed by atoms with Crippen LogP contribution in [0.2, 0.25) is 0 Å². The summed E-state index contributed by atoms with van der Waals surface area (Å²) < 4.78 is 5.69. The van der Waals surface area contributed by atoms with Crippen molar-refractivity contribution in [1.29, 1.82) is 0 Å². The maximum absolute atomic E-state index is 5.96. The highest BCUT2D eigenvalue weighted by Gasteiger charge is 2.07. The minimum absolute atomic E-state index is 0.690. The van der Waals surface area contributed by atoms with Crippen LogP contribution in [0.4, 0.5) is 11.4 Å². The molecular formula is C18H24N2O. The molecule has 0 spiro atoms. The summed E-state index contributed by atoms with van der Waals surface area (Å²) in [6, 6.07) is 14.6. The first-order valence-corrected chi connectivity index (χ1v) is 7.39. The van der Waals surface area contributed by atoms with Gasteiger partial charge in [0.25, 0.3) is 0 Å². The van der Waals surface area contributed by atoms with Crippen molar-refractivity contribution in [2.24, 2.45) is 0 Å². The lowest BCUT2D eigenvalue weighted by Gasteiger charge is -2.21. The van der Waals surface area contributed by atoms with Gasteiger partial charge in [-0.1, -0.05) is 36.8 Å². The summed E-state index contributed by atoms with van der Waals surface area (Å²) in [4.78, 5) is 2.20. The lowest BCUT2D eigenvalue weighted by Crippen LogP contribution is -2.16. The van der Waals surface area contributed by atoms with Crippen LogP contribution in [0.15, 0.2) is 42.5 Å². The van der Waals surface area contributed by atoms with Gasteiger partial charge in [0.05, 0.1) is 12.3 Å². The van der Waals surface area contributed by atoms with Gasteiger partial charge >= 0.3 is 0 Å². The molecule has 0 heterocycles. The normalized spacial score (nSPS) is 10.4. The van der Waals surface area contributed by atoms with Crippen LogP contribution in [0, 0.1) is 6.92 Å². The topological polar surface area (TPSA) is 38.5 Å². The Labute approximate surface area is 127 Å². The van der Waals surface area contributed by atoms with E-state index >= 15 is 0 Å². The van der Waals surface area contributed by atoms with Gasteiger partial charge in [0.15, 0.2) is 0 Å². The highest BCUT2D eigenvalue weighted by molar-refractivity contribution is 5.62. The van der Waals surface area contributed by atoms with Gasteiger partial charge in [0, 0.05) is 25.3 Å². The van der Waals surface area contributed by atoms with Crippen LogP contribution in [0.1, 0.15) is 24.5 Å². The minimum Gasteiger partial charge on any atom is -0.491 e. The predicted molar refractivity (Wildman–Crippen MR) is 89.9 cm³/mol. The van der Waals surface area contributed by atoms with Gasteiger partial charge in [-0.2, -0.15) is 0 Å². The molecule has 112 valence electrons. The van der Waals surface area contributed by atoms with Gasteiger partial charge in [0.1, 0.15) is 5.75 Å². The third-order valence-electron chi connectivity index (χ3n) is 3.44. The van der Waals surface area contributed by atoms with Crippen LogP contribution in [-0.2, 0) is 6.54 Å². The zero-order chi connectivity index (χ0) is 15.2. The number of nitrogens with zero attached hydrogens (tertiary/aromatic N) is 1. The van der Waals surface area contributed by atoms with Crippen LogP contribution in [0.25, 0.3) is 0 Å². The maximum Gasteiger partial charge on any atom is 0.144 e. The Morgan fingerprint density at radius 1 is 1.10 bits per heavy atom. The highest BCUT2D eigenvalue weighted by Crippen LogP contribution is 2.28. The molecular weight excluding hydrogens is 260 g/mol. The summed E-state index contributed by atoms with van der Waals surface area (Å²) in [6.45, 7) is 5.74. The number of hydrogen-bond acceptors (Lipinski definition) is 3. The number of ether oxygens (including phenoxy) is 1. The van der Waals surface area contributed by atoms with Crippen molar-refractivity contribution in [3.05, 3.63) is 53.6 Å². The molecule has 2 rings (SSSR count). The third kappa shape index (κ3) is 4.15.